The molecule has 0 saturated heterocycles. The van der Waals surface area contributed by atoms with E-state index in [-0.39, 0.29) is 6.61 Å². The van der Waals surface area contributed by atoms with E-state index in [0.29, 0.717) is 24.7 Å². The summed E-state index contributed by atoms with van der Waals surface area (Å²) in [4.78, 5) is 10.7. The van der Waals surface area contributed by atoms with Gasteiger partial charge in [-0.15, -0.1) is 0 Å². The molecular formula is C10H17N7O. The molecule has 0 aromatic carbocycles. The number of hydrogen-bond donors (Lipinski definition) is 3. The number of nitrogens with one attached hydrogen (secondary N) is 1. The Hall–Kier alpha value is -1.77. The number of aliphatic hydroxyl groups is 1. The first-order valence-corrected chi connectivity index (χ1v) is 5.60. The third-order valence-electron chi connectivity index (χ3n) is 2.67. The Morgan fingerprint density at radius 1 is 1.50 bits per heavy atom. The van der Waals surface area contributed by atoms with Crippen molar-refractivity contribution < 1.29 is 5.11 Å². The molecule has 8 heteroatoms. The van der Waals surface area contributed by atoms with Gasteiger partial charge in [0.15, 0.2) is 11.5 Å². The molecular weight excluding hydrogens is 234 g/mol. The summed E-state index contributed by atoms with van der Waals surface area (Å²) in [6.07, 6.45) is 1.67. The highest BCUT2D eigenvalue weighted by molar-refractivity contribution is 5.86. The van der Waals surface area contributed by atoms with E-state index in [2.05, 4.69) is 20.5 Å². The summed E-state index contributed by atoms with van der Waals surface area (Å²) in [5.74, 6) is 6.64. The lowest BCUT2D eigenvalue weighted by molar-refractivity contribution is 0.215. The number of hydrazine groups is 1. The van der Waals surface area contributed by atoms with Crippen molar-refractivity contribution in [3.63, 3.8) is 0 Å². The second-order valence-electron chi connectivity index (χ2n) is 4.10. The highest BCUT2D eigenvalue weighted by atomic mass is 16.3. The van der Waals surface area contributed by atoms with Gasteiger partial charge in [-0.3, -0.25) is 9.58 Å². The first-order chi connectivity index (χ1) is 8.65. The molecule has 0 amide bonds. The second-order valence-corrected chi connectivity index (χ2v) is 4.10. The maximum Gasteiger partial charge on any atom is 0.163 e. The summed E-state index contributed by atoms with van der Waals surface area (Å²) in [5.41, 5.74) is 3.28. The number of likely N-dealkylation sites (N-methyl/N-ethyl adjacent to an activating group) is 1. The first kappa shape index (κ1) is 12.7. The van der Waals surface area contributed by atoms with Gasteiger partial charge in [-0.25, -0.2) is 15.8 Å². The smallest absolute Gasteiger partial charge is 0.163 e. The fraction of sp³-hybridized carbons (Fsp3) is 0.500. The van der Waals surface area contributed by atoms with Gasteiger partial charge in [-0.2, -0.15) is 5.10 Å². The van der Waals surface area contributed by atoms with E-state index < -0.39 is 0 Å². The SMILES string of the molecule is CN(CCO)Cc1nc(NN)c2cnn(C)c2n1. The van der Waals surface area contributed by atoms with Crippen molar-refractivity contribution in [3.8, 4) is 0 Å². The van der Waals surface area contributed by atoms with Crippen LogP contribution in [-0.2, 0) is 13.6 Å². The minimum absolute atomic E-state index is 0.104. The van der Waals surface area contributed by atoms with Crippen LogP contribution in [0.25, 0.3) is 11.0 Å². The normalized spacial score (nSPS) is 11.4. The summed E-state index contributed by atoms with van der Waals surface area (Å²) in [5, 5.41) is 13.8. The topological polar surface area (TPSA) is 105 Å². The van der Waals surface area contributed by atoms with Crippen LogP contribution in [0.1, 0.15) is 5.82 Å². The number of anilines is 1. The molecule has 0 fully saturated rings. The zero-order chi connectivity index (χ0) is 13.1. The highest BCUT2D eigenvalue weighted by Gasteiger charge is 2.11. The van der Waals surface area contributed by atoms with Crippen LogP contribution < -0.4 is 11.3 Å². The lowest BCUT2D eigenvalue weighted by Gasteiger charge is -2.14. The number of nitrogens with two attached hydrogens (primary N) is 1. The molecule has 0 aliphatic heterocycles. The van der Waals surface area contributed by atoms with E-state index in [4.69, 9.17) is 10.9 Å². The Bertz CT molecular complexity index is 538. The van der Waals surface area contributed by atoms with Crippen molar-refractivity contribution >= 4 is 16.9 Å². The molecule has 18 heavy (non-hydrogen) atoms. The van der Waals surface area contributed by atoms with Crippen LogP contribution in [0.3, 0.4) is 0 Å². The van der Waals surface area contributed by atoms with E-state index in [9.17, 15) is 0 Å². The molecule has 2 heterocycles. The average molecular weight is 251 g/mol. The van der Waals surface area contributed by atoms with Crippen LogP contribution in [0.15, 0.2) is 6.20 Å². The largest absolute Gasteiger partial charge is 0.395 e. The molecule has 8 nitrogen and oxygen atoms in total. The predicted molar refractivity (Wildman–Crippen MR) is 67.5 cm³/mol. The molecule has 2 rings (SSSR count). The van der Waals surface area contributed by atoms with Crippen molar-refractivity contribution in [3.05, 3.63) is 12.0 Å². The van der Waals surface area contributed by atoms with Gasteiger partial charge in [0.2, 0.25) is 0 Å². The van der Waals surface area contributed by atoms with Gasteiger partial charge < -0.3 is 10.5 Å². The molecule has 0 aliphatic rings. The lowest BCUT2D eigenvalue weighted by Crippen LogP contribution is -2.23. The number of aryl methyl sites for hydroxylation is 1. The third kappa shape index (κ3) is 2.40. The zero-order valence-corrected chi connectivity index (χ0v) is 10.5. The summed E-state index contributed by atoms with van der Waals surface area (Å²) in [6.45, 7) is 1.21. The Balaban J connectivity index is 2.36. The summed E-state index contributed by atoms with van der Waals surface area (Å²) in [7, 11) is 3.71. The Morgan fingerprint density at radius 2 is 2.28 bits per heavy atom. The second kappa shape index (κ2) is 5.25. The van der Waals surface area contributed by atoms with Crippen molar-refractivity contribution in [1.29, 1.82) is 0 Å². The quantitative estimate of drug-likeness (QED) is 0.466. The van der Waals surface area contributed by atoms with Crippen molar-refractivity contribution in [2.75, 3.05) is 25.6 Å². The van der Waals surface area contributed by atoms with Gasteiger partial charge in [0.25, 0.3) is 0 Å². The van der Waals surface area contributed by atoms with Crippen molar-refractivity contribution in [1.82, 2.24) is 24.6 Å². The van der Waals surface area contributed by atoms with E-state index in [1.165, 1.54) is 0 Å². The van der Waals surface area contributed by atoms with Crippen LogP contribution in [0.5, 0.6) is 0 Å². The van der Waals surface area contributed by atoms with Crippen LogP contribution in [0.2, 0.25) is 0 Å². The highest BCUT2D eigenvalue weighted by Crippen LogP contribution is 2.18. The van der Waals surface area contributed by atoms with Crippen molar-refractivity contribution in [2.45, 2.75) is 6.54 Å². The molecule has 0 aliphatic carbocycles. The molecule has 4 N–H and O–H groups in total. The number of aliphatic hydroxyl groups excluding tert-OH is 1. The summed E-state index contributed by atoms with van der Waals surface area (Å²) in [6, 6.07) is 0. The monoisotopic (exact) mass is 251 g/mol. The predicted octanol–water partition coefficient (Wildman–Crippen LogP) is -0.927. The number of aromatic nitrogens is 4. The Labute approximate surface area is 104 Å². The number of nitrogen functional groups attached to an aromatic ring is 1. The summed E-state index contributed by atoms with van der Waals surface area (Å²) < 4.78 is 1.67. The van der Waals surface area contributed by atoms with E-state index in [0.717, 1.165) is 11.0 Å². The molecule has 0 saturated carbocycles. The van der Waals surface area contributed by atoms with Crippen LogP contribution in [0, 0.1) is 0 Å². The van der Waals surface area contributed by atoms with Gasteiger partial charge in [-0.1, -0.05) is 0 Å². The minimum Gasteiger partial charge on any atom is -0.395 e. The zero-order valence-electron chi connectivity index (χ0n) is 10.5. The number of fused-ring (bicyclic) bond motifs is 1. The van der Waals surface area contributed by atoms with Gasteiger partial charge in [0.05, 0.1) is 24.7 Å². The fourth-order valence-electron chi connectivity index (χ4n) is 1.74. The first-order valence-electron chi connectivity index (χ1n) is 5.60. The molecule has 2 aromatic heterocycles. The fourth-order valence-corrected chi connectivity index (χ4v) is 1.74. The summed E-state index contributed by atoms with van der Waals surface area (Å²) >= 11 is 0. The van der Waals surface area contributed by atoms with Gasteiger partial charge >= 0.3 is 0 Å². The molecule has 0 unspecified atom stereocenters. The number of nitrogens with zero attached hydrogens (tertiary/aromatic N) is 5. The lowest BCUT2D eigenvalue weighted by atomic mass is 10.3. The maximum absolute atomic E-state index is 8.87. The number of rotatable bonds is 5. The van der Waals surface area contributed by atoms with Crippen LogP contribution in [0.4, 0.5) is 5.82 Å². The van der Waals surface area contributed by atoms with Gasteiger partial charge in [0.1, 0.15) is 5.82 Å². The molecule has 0 atom stereocenters. The van der Waals surface area contributed by atoms with Gasteiger partial charge in [0, 0.05) is 13.6 Å². The standard InChI is InChI=1S/C10H17N7O/c1-16(3-4-18)6-8-13-9(15-11)7-5-12-17(2)10(7)14-8/h5,18H,3-4,6,11H2,1-2H3,(H,13,14,15). The van der Waals surface area contributed by atoms with E-state index in [1.54, 1.807) is 10.9 Å². The number of hydrogen-bond acceptors (Lipinski definition) is 7. The molecule has 98 valence electrons. The van der Waals surface area contributed by atoms with Crippen molar-refractivity contribution in [2.24, 2.45) is 12.9 Å². The van der Waals surface area contributed by atoms with Gasteiger partial charge in [-0.05, 0) is 7.05 Å². The van der Waals surface area contributed by atoms with Crippen LogP contribution >= 0.6 is 0 Å². The molecule has 0 bridgehead atoms. The van der Waals surface area contributed by atoms with E-state index in [1.807, 2.05) is 19.0 Å². The maximum atomic E-state index is 8.87. The Morgan fingerprint density at radius 3 is 2.94 bits per heavy atom. The minimum atomic E-state index is 0.104. The molecule has 0 spiro atoms. The van der Waals surface area contributed by atoms with Crippen LogP contribution in [-0.4, -0.2) is 50.0 Å². The molecule has 2 aromatic rings. The Kier molecular flexibility index (Phi) is 3.70. The molecule has 0 radical (unpaired) electrons. The van der Waals surface area contributed by atoms with E-state index >= 15 is 0 Å². The average Bonchev–Trinajstić information content (AvgIpc) is 2.71. The third-order valence-corrected chi connectivity index (χ3v) is 2.67.